The summed E-state index contributed by atoms with van der Waals surface area (Å²) in [6.07, 6.45) is 1.66. The third kappa shape index (κ3) is 6.06. The van der Waals surface area contributed by atoms with Gasteiger partial charge in [-0.15, -0.1) is 0 Å². The van der Waals surface area contributed by atoms with Gasteiger partial charge < -0.3 is 10.9 Å². The van der Waals surface area contributed by atoms with Crippen molar-refractivity contribution in [2.45, 2.75) is 40.2 Å². The van der Waals surface area contributed by atoms with Gasteiger partial charge in [-0.1, -0.05) is 50.2 Å². The van der Waals surface area contributed by atoms with Crippen LogP contribution in [0.3, 0.4) is 0 Å². The smallest absolute Gasteiger partial charge is 0.140 e. The third-order valence-electron chi connectivity index (χ3n) is 3.27. The maximum atomic E-state index is 8.62. The van der Waals surface area contributed by atoms with Gasteiger partial charge in [-0.25, -0.2) is 0 Å². The molecule has 0 aliphatic heterocycles. The number of benzene rings is 1. The molecule has 0 amide bonds. The van der Waals surface area contributed by atoms with Crippen LogP contribution in [0.2, 0.25) is 0 Å². The molecule has 0 aromatic heterocycles. The van der Waals surface area contributed by atoms with Gasteiger partial charge in [0.05, 0.1) is 0 Å². The first-order chi connectivity index (χ1) is 9.55. The molecule has 0 radical (unpaired) electrons. The van der Waals surface area contributed by atoms with Gasteiger partial charge in [-0.2, -0.15) is 0 Å². The highest BCUT2D eigenvalue weighted by atomic mass is 16.4. The fourth-order valence-electron chi connectivity index (χ4n) is 2.21. The van der Waals surface area contributed by atoms with Crippen molar-refractivity contribution in [1.82, 2.24) is 4.90 Å². The van der Waals surface area contributed by atoms with Crippen LogP contribution in [-0.2, 0) is 13.0 Å². The Morgan fingerprint density at radius 2 is 1.85 bits per heavy atom. The molecule has 0 atom stereocenters. The van der Waals surface area contributed by atoms with Crippen molar-refractivity contribution in [1.29, 1.82) is 0 Å². The molecule has 4 heteroatoms. The zero-order valence-corrected chi connectivity index (χ0v) is 12.8. The van der Waals surface area contributed by atoms with Crippen molar-refractivity contribution in [2.24, 2.45) is 16.8 Å². The van der Waals surface area contributed by atoms with Crippen LogP contribution in [0.1, 0.15) is 38.3 Å². The number of nitrogens with two attached hydrogens (primary N) is 1. The zero-order chi connectivity index (χ0) is 15.0. The first kappa shape index (κ1) is 16.5. The van der Waals surface area contributed by atoms with Gasteiger partial charge in [0.1, 0.15) is 5.84 Å². The summed E-state index contributed by atoms with van der Waals surface area (Å²) in [5.41, 5.74) is 8.23. The Hall–Kier alpha value is -1.55. The normalized spacial score (nSPS) is 12.3. The largest absolute Gasteiger partial charge is 0.409 e. The highest BCUT2D eigenvalue weighted by Gasteiger charge is 2.09. The summed E-state index contributed by atoms with van der Waals surface area (Å²) in [6, 6.07) is 8.75. The van der Waals surface area contributed by atoms with Crippen molar-refractivity contribution >= 4 is 5.84 Å². The lowest BCUT2D eigenvalue weighted by atomic mass is 10.1. The molecule has 0 aliphatic rings. The summed E-state index contributed by atoms with van der Waals surface area (Å²) in [6.45, 7) is 9.29. The van der Waals surface area contributed by atoms with Crippen LogP contribution in [0.5, 0.6) is 0 Å². The minimum Gasteiger partial charge on any atom is -0.409 e. The van der Waals surface area contributed by atoms with Gasteiger partial charge in [0.2, 0.25) is 0 Å². The van der Waals surface area contributed by atoms with E-state index in [1.165, 1.54) is 11.1 Å². The Bertz CT molecular complexity index is 412. The molecule has 0 bridgehead atoms. The van der Waals surface area contributed by atoms with E-state index >= 15 is 0 Å². The molecule has 0 heterocycles. The molecule has 3 N–H and O–H groups in total. The molecular weight excluding hydrogens is 250 g/mol. The van der Waals surface area contributed by atoms with E-state index in [1.807, 2.05) is 0 Å². The van der Waals surface area contributed by atoms with Gasteiger partial charge in [-0.05, 0) is 23.5 Å². The van der Waals surface area contributed by atoms with E-state index in [4.69, 9.17) is 10.9 Å². The van der Waals surface area contributed by atoms with E-state index in [-0.39, 0.29) is 0 Å². The molecule has 1 aromatic carbocycles. The molecule has 0 fully saturated rings. The Morgan fingerprint density at radius 3 is 2.35 bits per heavy atom. The fraction of sp³-hybridized carbons (Fsp3) is 0.562. The zero-order valence-electron chi connectivity index (χ0n) is 12.8. The minimum absolute atomic E-state index is 0.292. The van der Waals surface area contributed by atoms with Crippen molar-refractivity contribution in [3.63, 3.8) is 0 Å². The minimum atomic E-state index is 0.292. The SMILES string of the molecule is CCc1ccc(CN(CCC(N)=NO)CC(C)C)cc1. The average molecular weight is 277 g/mol. The van der Waals surface area contributed by atoms with E-state index in [0.29, 0.717) is 18.2 Å². The van der Waals surface area contributed by atoms with Crippen LogP contribution in [0.15, 0.2) is 29.4 Å². The summed E-state index contributed by atoms with van der Waals surface area (Å²) >= 11 is 0. The second kappa shape index (κ2) is 8.59. The van der Waals surface area contributed by atoms with Crippen molar-refractivity contribution in [3.8, 4) is 0 Å². The molecule has 0 saturated carbocycles. The van der Waals surface area contributed by atoms with Crippen LogP contribution in [0.4, 0.5) is 0 Å². The maximum Gasteiger partial charge on any atom is 0.140 e. The van der Waals surface area contributed by atoms with Gasteiger partial charge in [0.25, 0.3) is 0 Å². The van der Waals surface area contributed by atoms with Gasteiger partial charge >= 0.3 is 0 Å². The van der Waals surface area contributed by atoms with Crippen LogP contribution >= 0.6 is 0 Å². The van der Waals surface area contributed by atoms with E-state index in [2.05, 4.69) is 55.1 Å². The number of hydrogen-bond donors (Lipinski definition) is 2. The molecule has 0 spiro atoms. The van der Waals surface area contributed by atoms with Crippen molar-refractivity contribution < 1.29 is 5.21 Å². The van der Waals surface area contributed by atoms with Crippen LogP contribution in [0, 0.1) is 5.92 Å². The predicted octanol–water partition coefficient (Wildman–Crippen LogP) is 2.84. The molecule has 20 heavy (non-hydrogen) atoms. The summed E-state index contributed by atoms with van der Waals surface area (Å²) < 4.78 is 0. The highest BCUT2D eigenvalue weighted by Crippen LogP contribution is 2.10. The third-order valence-corrected chi connectivity index (χ3v) is 3.27. The molecule has 1 rings (SSSR count). The maximum absolute atomic E-state index is 8.62. The Labute approximate surface area is 122 Å². The first-order valence-electron chi connectivity index (χ1n) is 7.31. The second-order valence-electron chi connectivity index (χ2n) is 5.64. The number of rotatable bonds is 8. The fourth-order valence-corrected chi connectivity index (χ4v) is 2.21. The Balaban J connectivity index is 2.62. The molecule has 1 aromatic rings. The van der Waals surface area contributed by atoms with Gasteiger partial charge in [0, 0.05) is 26.1 Å². The molecular formula is C16H27N3O. The lowest BCUT2D eigenvalue weighted by Crippen LogP contribution is -2.31. The molecule has 0 aliphatic carbocycles. The number of hydrogen-bond acceptors (Lipinski definition) is 3. The standard InChI is InChI=1S/C16H27N3O/c1-4-14-5-7-15(8-6-14)12-19(11-13(2)3)10-9-16(17)18-20/h5-8,13,20H,4,9-12H2,1-3H3,(H2,17,18). The number of nitrogens with zero attached hydrogens (tertiary/aromatic N) is 2. The Morgan fingerprint density at radius 1 is 1.25 bits per heavy atom. The van der Waals surface area contributed by atoms with Crippen LogP contribution < -0.4 is 5.73 Å². The van der Waals surface area contributed by atoms with E-state index in [9.17, 15) is 0 Å². The highest BCUT2D eigenvalue weighted by molar-refractivity contribution is 5.79. The van der Waals surface area contributed by atoms with E-state index in [0.717, 1.165) is 26.1 Å². The summed E-state index contributed by atoms with van der Waals surface area (Å²) in [5.74, 6) is 0.886. The quantitative estimate of drug-likeness (QED) is 0.332. The lowest BCUT2D eigenvalue weighted by Gasteiger charge is -2.24. The second-order valence-corrected chi connectivity index (χ2v) is 5.64. The topological polar surface area (TPSA) is 61.8 Å². The summed E-state index contributed by atoms with van der Waals surface area (Å²) in [4.78, 5) is 2.35. The summed E-state index contributed by atoms with van der Waals surface area (Å²) in [7, 11) is 0. The van der Waals surface area contributed by atoms with Crippen LogP contribution in [0.25, 0.3) is 0 Å². The van der Waals surface area contributed by atoms with Gasteiger partial charge in [-0.3, -0.25) is 4.90 Å². The Kier molecular flexibility index (Phi) is 7.09. The van der Waals surface area contributed by atoms with E-state index < -0.39 is 0 Å². The monoisotopic (exact) mass is 277 g/mol. The van der Waals surface area contributed by atoms with Crippen molar-refractivity contribution in [2.75, 3.05) is 13.1 Å². The first-order valence-corrected chi connectivity index (χ1v) is 7.31. The van der Waals surface area contributed by atoms with Crippen molar-refractivity contribution in [3.05, 3.63) is 35.4 Å². The van der Waals surface area contributed by atoms with Crippen LogP contribution in [-0.4, -0.2) is 29.0 Å². The number of aryl methyl sites for hydroxylation is 1. The molecule has 112 valence electrons. The number of amidine groups is 1. The molecule has 0 saturated heterocycles. The molecule has 4 nitrogen and oxygen atoms in total. The van der Waals surface area contributed by atoms with E-state index in [1.54, 1.807) is 0 Å². The lowest BCUT2D eigenvalue weighted by molar-refractivity contribution is 0.241. The number of oxime groups is 1. The summed E-state index contributed by atoms with van der Waals surface area (Å²) in [5, 5.41) is 11.7. The average Bonchev–Trinajstić information content (AvgIpc) is 2.44. The molecule has 0 unspecified atom stereocenters. The van der Waals surface area contributed by atoms with Gasteiger partial charge in [0.15, 0.2) is 0 Å². The predicted molar refractivity (Wildman–Crippen MR) is 84.0 cm³/mol.